The molecular weight excluding hydrogens is 220 g/mol. The number of fused-ring (bicyclic) bond motifs is 2. The van der Waals surface area contributed by atoms with Crippen LogP contribution >= 0.6 is 0 Å². The first kappa shape index (κ1) is 12.9. The van der Waals surface area contributed by atoms with Crippen molar-refractivity contribution in [2.75, 3.05) is 26.2 Å². The van der Waals surface area contributed by atoms with Gasteiger partial charge in [0, 0.05) is 12.1 Å². The van der Waals surface area contributed by atoms with Gasteiger partial charge in [0.25, 0.3) is 0 Å². The van der Waals surface area contributed by atoms with Gasteiger partial charge in [0.15, 0.2) is 0 Å². The lowest BCUT2D eigenvalue weighted by atomic mass is 10.0. The summed E-state index contributed by atoms with van der Waals surface area (Å²) in [6, 6.07) is 2.00. The van der Waals surface area contributed by atoms with E-state index in [-0.39, 0.29) is 0 Å². The maximum atomic E-state index is 2.67. The number of hydrogen-bond donors (Lipinski definition) is 0. The van der Waals surface area contributed by atoms with Crippen LogP contribution in [0.5, 0.6) is 0 Å². The predicted octanol–water partition coefficient (Wildman–Crippen LogP) is 3.27. The molecule has 2 nitrogen and oxygen atoms in total. The average Bonchev–Trinajstić information content (AvgIpc) is 3.08. The first-order chi connectivity index (χ1) is 8.93. The third-order valence-electron chi connectivity index (χ3n) is 5.46. The van der Waals surface area contributed by atoms with E-state index in [2.05, 4.69) is 9.80 Å². The molecule has 0 bridgehead atoms. The Morgan fingerprint density at radius 2 is 0.833 bits per heavy atom. The molecular formula is C16H30N2. The molecule has 4 saturated heterocycles. The van der Waals surface area contributed by atoms with Crippen LogP contribution < -0.4 is 0 Å². The minimum Gasteiger partial charge on any atom is -0.300 e. The van der Waals surface area contributed by atoms with E-state index in [1.165, 1.54) is 90.4 Å². The second kappa shape index (κ2) is 6.38. The molecule has 2 unspecified atom stereocenters. The van der Waals surface area contributed by atoms with Crippen LogP contribution in [0.4, 0.5) is 0 Å². The van der Waals surface area contributed by atoms with Crippen LogP contribution in [0.15, 0.2) is 0 Å². The van der Waals surface area contributed by atoms with Crippen molar-refractivity contribution in [1.29, 1.82) is 0 Å². The fourth-order valence-corrected chi connectivity index (χ4v) is 4.42. The molecule has 0 spiro atoms. The number of nitrogens with zero attached hydrogens (tertiary/aromatic N) is 2. The fourth-order valence-electron chi connectivity index (χ4n) is 4.42. The number of rotatable bonds is 0. The van der Waals surface area contributed by atoms with Crippen LogP contribution in [0.1, 0.15) is 64.2 Å². The van der Waals surface area contributed by atoms with E-state index in [1.54, 1.807) is 0 Å². The molecule has 4 rings (SSSR count). The lowest BCUT2D eigenvalue weighted by Gasteiger charge is -2.28. The summed E-state index contributed by atoms with van der Waals surface area (Å²) in [5.74, 6) is 0. The Hall–Kier alpha value is -0.0800. The minimum atomic E-state index is 0.999. The van der Waals surface area contributed by atoms with Crippen molar-refractivity contribution in [3.63, 3.8) is 0 Å². The smallest absolute Gasteiger partial charge is 0.00957 e. The van der Waals surface area contributed by atoms with E-state index in [4.69, 9.17) is 0 Å². The molecule has 4 aliphatic heterocycles. The van der Waals surface area contributed by atoms with Crippen molar-refractivity contribution >= 4 is 0 Å². The van der Waals surface area contributed by atoms with E-state index < -0.39 is 0 Å². The van der Waals surface area contributed by atoms with E-state index in [0.29, 0.717) is 0 Å². The molecule has 4 heterocycles. The van der Waals surface area contributed by atoms with Gasteiger partial charge >= 0.3 is 0 Å². The lowest BCUT2D eigenvalue weighted by Crippen LogP contribution is -2.33. The summed E-state index contributed by atoms with van der Waals surface area (Å²) in [5.41, 5.74) is 0. The summed E-state index contributed by atoms with van der Waals surface area (Å²) < 4.78 is 0. The summed E-state index contributed by atoms with van der Waals surface area (Å²) in [6.07, 6.45) is 14.8. The average molecular weight is 250 g/mol. The van der Waals surface area contributed by atoms with Crippen molar-refractivity contribution in [2.24, 2.45) is 0 Å². The van der Waals surface area contributed by atoms with Crippen LogP contribution in [0, 0.1) is 0 Å². The van der Waals surface area contributed by atoms with E-state index in [0.717, 1.165) is 12.1 Å². The number of piperidine rings is 2. The zero-order valence-corrected chi connectivity index (χ0v) is 11.9. The van der Waals surface area contributed by atoms with Crippen LogP contribution in [0.2, 0.25) is 0 Å². The molecule has 2 atom stereocenters. The van der Waals surface area contributed by atoms with Crippen molar-refractivity contribution < 1.29 is 0 Å². The zero-order valence-electron chi connectivity index (χ0n) is 11.9. The van der Waals surface area contributed by atoms with Crippen molar-refractivity contribution in [2.45, 2.75) is 76.3 Å². The van der Waals surface area contributed by atoms with Gasteiger partial charge in [-0.05, 0) is 77.5 Å². The molecule has 4 aliphatic rings. The maximum Gasteiger partial charge on any atom is 0.00957 e. The van der Waals surface area contributed by atoms with E-state index >= 15 is 0 Å². The topological polar surface area (TPSA) is 6.48 Å². The normalized spacial score (nSPS) is 36.7. The molecule has 0 aromatic carbocycles. The lowest BCUT2D eigenvalue weighted by molar-refractivity contribution is 0.198. The molecule has 0 aliphatic carbocycles. The van der Waals surface area contributed by atoms with Crippen LogP contribution in [0.3, 0.4) is 0 Å². The summed E-state index contributed by atoms with van der Waals surface area (Å²) in [4.78, 5) is 5.34. The van der Waals surface area contributed by atoms with Crippen molar-refractivity contribution in [1.82, 2.24) is 9.80 Å². The van der Waals surface area contributed by atoms with Gasteiger partial charge in [-0.25, -0.2) is 0 Å². The minimum absolute atomic E-state index is 0.999. The summed E-state index contributed by atoms with van der Waals surface area (Å²) in [6.45, 7) is 5.57. The monoisotopic (exact) mass is 250 g/mol. The van der Waals surface area contributed by atoms with Crippen LogP contribution in [-0.2, 0) is 0 Å². The van der Waals surface area contributed by atoms with E-state index in [9.17, 15) is 0 Å². The molecule has 0 amide bonds. The molecule has 0 radical (unpaired) electrons. The highest BCUT2D eigenvalue weighted by Crippen LogP contribution is 2.26. The molecule has 4 fully saturated rings. The zero-order chi connectivity index (χ0) is 12.2. The first-order valence-corrected chi connectivity index (χ1v) is 8.41. The standard InChI is InChI=1S/2C8H15N/c2*1-2-6-9-7-3-5-8(9)4-1/h2*8H,1-7H2. The Labute approximate surface area is 113 Å². The van der Waals surface area contributed by atoms with Crippen LogP contribution in [-0.4, -0.2) is 48.1 Å². The van der Waals surface area contributed by atoms with Gasteiger partial charge in [0.05, 0.1) is 0 Å². The fraction of sp³-hybridized carbons (Fsp3) is 1.00. The Morgan fingerprint density at radius 1 is 0.444 bits per heavy atom. The second-order valence-corrected chi connectivity index (χ2v) is 6.66. The SMILES string of the molecule is C1CCN2CCCC2C1.C1CCN2CCCC2C1. The third kappa shape index (κ3) is 3.08. The Kier molecular flexibility index (Phi) is 4.58. The highest BCUT2D eigenvalue weighted by Gasteiger charge is 2.26. The Bertz CT molecular complexity index is 203. The van der Waals surface area contributed by atoms with Gasteiger partial charge in [-0.15, -0.1) is 0 Å². The van der Waals surface area contributed by atoms with Gasteiger partial charge in [-0.2, -0.15) is 0 Å². The molecule has 18 heavy (non-hydrogen) atoms. The third-order valence-corrected chi connectivity index (χ3v) is 5.46. The van der Waals surface area contributed by atoms with Gasteiger partial charge in [-0.1, -0.05) is 12.8 Å². The highest BCUT2D eigenvalue weighted by molar-refractivity contribution is 4.82. The molecule has 104 valence electrons. The second-order valence-electron chi connectivity index (χ2n) is 6.66. The summed E-state index contributed by atoms with van der Waals surface area (Å²) in [5, 5.41) is 0. The van der Waals surface area contributed by atoms with Gasteiger partial charge < -0.3 is 9.80 Å². The van der Waals surface area contributed by atoms with Crippen LogP contribution in [0.25, 0.3) is 0 Å². The summed E-state index contributed by atoms with van der Waals surface area (Å²) >= 11 is 0. The largest absolute Gasteiger partial charge is 0.300 e. The predicted molar refractivity (Wildman–Crippen MR) is 76.9 cm³/mol. The Balaban J connectivity index is 0.000000111. The quantitative estimate of drug-likeness (QED) is 0.651. The molecule has 0 aromatic heterocycles. The highest BCUT2D eigenvalue weighted by atomic mass is 15.2. The molecule has 0 N–H and O–H groups in total. The molecule has 0 saturated carbocycles. The number of hydrogen-bond acceptors (Lipinski definition) is 2. The molecule has 0 aromatic rings. The van der Waals surface area contributed by atoms with Crippen molar-refractivity contribution in [3.05, 3.63) is 0 Å². The van der Waals surface area contributed by atoms with Gasteiger partial charge in [0.1, 0.15) is 0 Å². The van der Waals surface area contributed by atoms with E-state index in [1.807, 2.05) is 0 Å². The van der Waals surface area contributed by atoms with Gasteiger partial charge in [-0.3, -0.25) is 0 Å². The summed E-state index contributed by atoms with van der Waals surface area (Å²) in [7, 11) is 0. The first-order valence-electron chi connectivity index (χ1n) is 8.41. The Morgan fingerprint density at radius 3 is 1.28 bits per heavy atom. The van der Waals surface area contributed by atoms with Gasteiger partial charge in [0.2, 0.25) is 0 Å². The van der Waals surface area contributed by atoms with Crippen molar-refractivity contribution in [3.8, 4) is 0 Å². The molecule has 2 heteroatoms. The maximum absolute atomic E-state index is 2.67.